The van der Waals surface area contributed by atoms with E-state index in [4.69, 9.17) is 14.2 Å². The molecule has 33 heavy (non-hydrogen) atoms. The van der Waals surface area contributed by atoms with Gasteiger partial charge in [-0.15, -0.1) is 0 Å². The number of hydrogen-bond acceptors (Lipinski definition) is 3. The molecule has 0 aromatic rings. The maximum Gasteiger partial charge on any atom is 0.161 e. The van der Waals surface area contributed by atoms with Gasteiger partial charge in [-0.25, -0.2) is 4.39 Å². The van der Waals surface area contributed by atoms with Crippen LogP contribution in [0.1, 0.15) is 60.3 Å². The Balaban J connectivity index is 4.99. The summed E-state index contributed by atoms with van der Waals surface area (Å²) in [7, 11) is 3.08. The maximum atomic E-state index is 14.9. The lowest BCUT2D eigenvalue weighted by atomic mass is 9.83. The highest BCUT2D eigenvalue weighted by molar-refractivity contribution is 5.49. The second-order valence-electron chi connectivity index (χ2n) is 9.45. The van der Waals surface area contributed by atoms with Gasteiger partial charge in [-0.3, -0.25) is 0 Å². The van der Waals surface area contributed by atoms with Crippen LogP contribution in [0.25, 0.3) is 0 Å². The number of allylic oxidation sites excluding steroid dienone is 6. The van der Waals surface area contributed by atoms with E-state index in [1.165, 1.54) is 26.0 Å². The largest absolute Gasteiger partial charge is 0.493 e. The third-order valence-electron chi connectivity index (χ3n) is 6.22. The van der Waals surface area contributed by atoms with Crippen LogP contribution < -0.4 is 0 Å². The molecule has 0 aliphatic heterocycles. The van der Waals surface area contributed by atoms with E-state index in [9.17, 15) is 4.39 Å². The van der Waals surface area contributed by atoms with Crippen LogP contribution in [0.2, 0.25) is 0 Å². The highest BCUT2D eigenvalue weighted by Gasteiger charge is 2.16. The fourth-order valence-corrected chi connectivity index (χ4v) is 3.19. The minimum atomic E-state index is -0.453. The van der Waals surface area contributed by atoms with Crippen molar-refractivity contribution in [1.29, 1.82) is 0 Å². The Bertz CT molecular complexity index is 714. The summed E-state index contributed by atoms with van der Waals surface area (Å²) in [6.07, 6.45) is 7.64. The van der Waals surface area contributed by atoms with Gasteiger partial charge in [0.25, 0.3) is 0 Å². The second kappa shape index (κ2) is 16.5. The summed E-state index contributed by atoms with van der Waals surface area (Å²) in [4.78, 5) is 0. The molecule has 3 nitrogen and oxygen atoms in total. The van der Waals surface area contributed by atoms with Crippen molar-refractivity contribution in [3.05, 3.63) is 72.5 Å². The van der Waals surface area contributed by atoms with Crippen molar-refractivity contribution in [3.63, 3.8) is 0 Å². The van der Waals surface area contributed by atoms with Crippen molar-refractivity contribution in [1.82, 2.24) is 0 Å². The third kappa shape index (κ3) is 12.7. The minimum absolute atomic E-state index is 0.177. The Morgan fingerprint density at radius 1 is 0.818 bits per heavy atom. The summed E-state index contributed by atoms with van der Waals surface area (Å²) >= 11 is 0. The Hall–Kier alpha value is -2.07. The zero-order valence-corrected chi connectivity index (χ0v) is 22.1. The predicted octanol–water partition coefficient (Wildman–Crippen LogP) is 8.34. The van der Waals surface area contributed by atoms with Crippen LogP contribution in [0.4, 0.5) is 4.39 Å². The van der Waals surface area contributed by atoms with E-state index in [1.54, 1.807) is 13.2 Å². The monoisotopic (exact) mass is 462 g/mol. The highest BCUT2D eigenvalue weighted by atomic mass is 19.1. The van der Waals surface area contributed by atoms with Crippen LogP contribution in [0, 0.1) is 23.7 Å². The molecule has 0 heterocycles. The smallest absolute Gasteiger partial charge is 0.161 e. The molecule has 0 aliphatic carbocycles. The Labute approximate surface area is 202 Å². The molecule has 0 spiro atoms. The zero-order valence-electron chi connectivity index (χ0n) is 22.1. The first-order valence-corrected chi connectivity index (χ1v) is 12.0. The van der Waals surface area contributed by atoms with Crippen molar-refractivity contribution in [2.75, 3.05) is 27.4 Å². The molecule has 0 radical (unpaired) electrons. The summed E-state index contributed by atoms with van der Waals surface area (Å²) in [6, 6.07) is 0. The van der Waals surface area contributed by atoms with Gasteiger partial charge >= 0.3 is 0 Å². The summed E-state index contributed by atoms with van der Waals surface area (Å²) in [5.41, 5.74) is 1.31. The average Bonchev–Trinajstić information content (AvgIpc) is 2.78. The maximum absolute atomic E-state index is 14.9. The number of rotatable bonds is 18. The lowest BCUT2D eigenvalue weighted by molar-refractivity contribution is 0.102. The number of hydrogen-bond donors (Lipinski definition) is 0. The molecule has 0 fully saturated rings. The summed E-state index contributed by atoms with van der Waals surface area (Å²) in [6.45, 7) is 27.7. The fraction of sp³-hybridized carbons (Fsp3) is 0.586. The highest BCUT2D eigenvalue weighted by Crippen LogP contribution is 2.29. The molecule has 0 N–H and O–H groups in total. The van der Waals surface area contributed by atoms with Gasteiger partial charge < -0.3 is 14.2 Å². The van der Waals surface area contributed by atoms with Crippen LogP contribution in [0.5, 0.6) is 0 Å². The molecule has 4 heteroatoms. The lowest BCUT2D eigenvalue weighted by Gasteiger charge is -2.22. The van der Waals surface area contributed by atoms with Crippen molar-refractivity contribution in [3.8, 4) is 0 Å². The predicted molar refractivity (Wildman–Crippen MR) is 139 cm³/mol. The first-order chi connectivity index (χ1) is 15.4. The van der Waals surface area contributed by atoms with Crippen LogP contribution in [0.15, 0.2) is 72.5 Å². The number of halogens is 1. The van der Waals surface area contributed by atoms with Gasteiger partial charge in [0.15, 0.2) is 11.5 Å². The molecule has 0 aliphatic rings. The topological polar surface area (TPSA) is 27.7 Å². The molecule has 0 saturated carbocycles. The fourth-order valence-electron chi connectivity index (χ4n) is 3.19. The van der Waals surface area contributed by atoms with Crippen LogP contribution in [0.3, 0.4) is 0 Å². The van der Waals surface area contributed by atoms with Crippen LogP contribution in [-0.2, 0) is 14.2 Å². The van der Waals surface area contributed by atoms with E-state index in [0.717, 1.165) is 24.3 Å². The van der Waals surface area contributed by atoms with E-state index in [0.29, 0.717) is 42.1 Å². The molecule has 0 aromatic carbocycles. The van der Waals surface area contributed by atoms with E-state index in [-0.39, 0.29) is 11.5 Å². The summed E-state index contributed by atoms with van der Waals surface area (Å²) in [5.74, 6) is 2.49. The van der Waals surface area contributed by atoms with Gasteiger partial charge in [-0.05, 0) is 59.8 Å². The summed E-state index contributed by atoms with van der Waals surface area (Å²) < 4.78 is 30.6. The molecule has 3 atom stereocenters. The third-order valence-corrected chi connectivity index (χ3v) is 6.22. The molecular formula is C29H47FO3. The van der Waals surface area contributed by atoms with Gasteiger partial charge in [0, 0.05) is 12.7 Å². The molecule has 0 amide bonds. The van der Waals surface area contributed by atoms with Gasteiger partial charge in [-0.2, -0.15) is 0 Å². The molecular weight excluding hydrogens is 415 g/mol. The Kier molecular flexibility index (Phi) is 15.5. The van der Waals surface area contributed by atoms with Crippen molar-refractivity contribution >= 4 is 0 Å². The lowest BCUT2D eigenvalue weighted by Crippen LogP contribution is -2.11. The van der Waals surface area contributed by atoms with Gasteiger partial charge in [0.1, 0.15) is 12.4 Å². The molecule has 3 unspecified atom stereocenters. The first kappa shape index (κ1) is 30.9. The van der Waals surface area contributed by atoms with Gasteiger partial charge in [-0.1, -0.05) is 73.8 Å². The normalized spacial score (nSPS) is 15.1. The van der Waals surface area contributed by atoms with Crippen molar-refractivity contribution in [2.24, 2.45) is 23.7 Å². The molecule has 0 aromatic heterocycles. The van der Waals surface area contributed by atoms with Gasteiger partial charge in [0.05, 0.1) is 13.7 Å². The first-order valence-electron chi connectivity index (χ1n) is 12.0. The molecule has 0 bridgehead atoms. The standard InChI is InChI=1S/C29H47FO3/c1-20(2)12-13-21(3)22(4)14-15-23(5)24(6)18-28(30)26(8)25(7)19-29(27(9)32-11)33-17-16-31-10/h18-23H,6-9,12-17H2,1-5,10-11H3/b28-18+,29-19+. The average molecular weight is 463 g/mol. The Morgan fingerprint density at radius 2 is 1.39 bits per heavy atom. The van der Waals surface area contributed by atoms with Crippen molar-refractivity contribution < 1.29 is 18.6 Å². The van der Waals surface area contributed by atoms with E-state index < -0.39 is 5.83 Å². The quantitative estimate of drug-likeness (QED) is 0.116. The van der Waals surface area contributed by atoms with E-state index >= 15 is 0 Å². The SMILES string of the molecule is C=C(/C=C(/OCCOC)C(=C)OC)C(=C)/C(F)=C\C(=C)C(C)CCC(C)C(C)CCC(C)C. The molecule has 0 rings (SSSR count). The zero-order chi connectivity index (χ0) is 25.6. The van der Waals surface area contributed by atoms with Gasteiger partial charge in [0.2, 0.25) is 0 Å². The van der Waals surface area contributed by atoms with Crippen LogP contribution >= 0.6 is 0 Å². The molecule has 0 saturated heterocycles. The minimum Gasteiger partial charge on any atom is -0.493 e. The summed E-state index contributed by atoms with van der Waals surface area (Å²) in [5, 5.41) is 0. The van der Waals surface area contributed by atoms with E-state index in [1.807, 2.05) is 0 Å². The van der Waals surface area contributed by atoms with Crippen LogP contribution in [-0.4, -0.2) is 27.4 Å². The second-order valence-corrected chi connectivity index (χ2v) is 9.45. The molecule has 188 valence electrons. The Morgan fingerprint density at radius 3 is 1.91 bits per heavy atom. The van der Waals surface area contributed by atoms with Crippen molar-refractivity contribution in [2.45, 2.75) is 60.3 Å². The van der Waals surface area contributed by atoms with E-state index in [2.05, 4.69) is 60.9 Å². The number of ether oxygens (including phenoxy) is 3. The number of methoxy groups -OCH3 is 2.